The number of rotatable bonds is 8. The lowest BCUT2D eigenvalue weighted by atomic mass is 9.80. The van der Waals surface area contributed by atoms with Crippen LogP contribution in [0.1, 0.15) is 45.4 Å². The maximum absolute atomic E-state index is 12.7. The number of anilines is 1. The van der Waals surface area contributed by atoms with Gasteiger partial charge in [0.15, 0.2) is 0 Å². The molecule has 1 aromatic rings. The predicted octanol–water partition coefficient (Wildman–Crippen LogP) is 2.83. The summed E-state index contributed by atoms with van der Waals surface area (Å²) >= 11 is 0. The van der Waals surface area contributed by atoms with Gasteiger partial charge in [0, 0.05) is 25.3 Å². The molecule has 0 radical (unpaired) electrons. The van der Waals surface area contributed by atoms with Crippen molar-refractivity contribution in [2.24, 2.45) is 5.92 Å². The smallest absolute Gasteiger partial charge is 0.326 e. The van der Waals surface area contributed by atoms with Crippen molar-refractivity contribution in [3.05, 3.63) is 30.3 Å². The summed E-state index contributed by atoms with van der Waals surface area (Å²) in [6, 6.07) is 10.4. The number of para-hydroxylation sites is 1. The first kappa shape index (κ1) is 21.6. The lowest BCUT2D eigenvalue weighted by molar-refractivity contribution is -0.160. The van der Waals surface area contributed by atoms with E-state index in [1.54, 1.807) is 0 Å². The fourth-order valence-corrected chi connectivity index (χ4v) is 4.70. The highest BCUT2D eigenvalue weighted by Crippen LogP contribution is 2.34. The van der Waals surface area contributed by atoms with Crippen LogP contribution in [0.25, 0.3) is 0 Å². The molecule has 2 aliphatic rings. The van der Waals surface area contributed by atoms with Gasteiger partial charge in [-0.05, 0) is 51.3 Å². The number of benzene rings is 1. The van der Waals surface area contributed by atoms with Gasteiger partial charge in [-0.1, -0.05) is 37.5 Å². The number of amides is 1. The average Bonchev–Trinajstić information content (AvgIpc) is 3.22. The van der Waals surface area contributed by atoms with Crippen LogP contribution >= 0.6 is 0 Å². The predicted molar refractivity (Wildman–Crippen MR) is 115 cm³/mol. The minimum Gasteiger partial charge on any atom is -0.465 e. The molecule has 0 spiro atoms. The number of likely N-dealkylation sites (N-methyl/N-ethyl adjacent to an activating group) is 1. The minimum absolute atomic E-state index is 0.0140. The van der Waals surface area contributed by atoms with E-state index in [1.165, 1.54) is 5.69 Å². The van der Waals surface area contributed by atoms with Crippen LogP contribution in [0.4, 0.5) is 5.69 Å². The zero-order chi connectivity index (χ0) is 20.7. The maximum atomic E-state index is 12.7. The Balaban J connectivity index is 1.49. The van der Waals surface area contributed by atoms with Gasteiger partial charge < -0.3 is 15.0 Å². The first-order valence-electron chi connectivity index (χ1n) is 11.0. The summed E-state index contributed by atoms with van der Waals surface area (Å²) in [5.74, 6) is 0.266. The van der Waals surface area contributed by atoms with Crippen LogP contribution in [0.3, 0.4) is 0 Å². The van der Waals surface area contributed by atoms with Crippen LogP contribution in [0.5, 0.6) is 0 Å². The summed E-state index contributed by atoms with van der Waals surface area (Å²) in [7, 11) is 1.88. The molecular weight excluding hydrogens is 366 g/mol. The highest BCUT2D eigenvalue weighted by molar-refractivity contribution is 5.83. The molecule has 6 nitrogen and oxygen atoms in total. The first-order valence-corrected chi connectivity index (χ1v) is 11.0. The Morgan fingerprint density at radius 3 is 2.62 bits per heavy atom. The quantitative estimate of drug-likeness (QED) is 0.679. The molecule has 1 atom stereocenters. The van der Waals surface area contributed by atoms with Gasteiger partial charge in [0.1, 0.15) is 5.54 Å². The van der Waals surface area contributed by atoms with Gasteiger partial charge in [-0.15, -0.1) is 0 Å². The summed E-state index contributed by atoms with van der Waals surface area (Å²) < 4.78 is 5.36. The van der Waals surface area contributed by atoms with E-state index in [0.29, 0.717) is 19.1 Å². The van der Waals surface area contributed by atoms with Crippen molar-refractivity contribution in [3.63, 3.8) is 0 Å². The Bertz CT molecular complexity index is 673. The Hall–Kier alpha value is -2.08. The summed E-state index contributed by atoms with van der Waals surface area (Å²) in [5, 5.41) is 3.10. The summed E-state index contributed by atoms with van der Waals surface area (Å²) in [6.45, 7) is 5.11. The van der Waals surface area contributed by atoms with Crippen LogP contribution in [0.15, 0.2) is 30.3 Å². The highest BCUT2D eigenvalue weighted by atomic mass is 16.5. The van der Waals surface area contributed by atoms with Crippen LogP contribution in [-0.4, -0.2) is 62.1 Å². The zero-order valence-electron chi connectivity index (χ0n) is 17.9. The van der Waals surface area contributed by atoms with Crippen LogP contribution in [0.2, 0.25) is 0 Å². The third-order valence-electron chi connectivity index (χ3n) is 6.44. The molecule has 2 fully saturated rings. The van der Waals surface area contributed by atoms with Gasteiger partial charge in [-0.3, -0.25) is 14.5 Å². The molecule has 0 aromatic heterocycles. The second-order valence-electron chi connectivity index (χ2n) is 8.41. The summed E-state index contributed by atoms with van der Waals surface area (Å²) in [6.07, 6.45) is 5.76. The average molecular weight is 402 g/mol. The molecule has 0 unspecified atom stereocenters. The van der Waals surface area contributed by atoms with Gasteiger partial charge in [-0.25, -0.2) is 0 Å². The van der Waals surface area contributed by atoms with Crippen LogP contribution in [0, 0.1) is 5.92 Å². The van der Waals surface area contributed by atoms with E-state index in [4.69, 9.17) is 4.74 Å². The largest absolute Gasteiger partial charge is 0.465 e. The number of hydrogen-bond donors (Lipinski definition) is 1. The normalized spacial score (nSPS) is 21.2. The lowest BCUT2D eigenvalue weighted by Crippen LogP contribution is -2.57. The number of nitrogens with zero attached hydrogens (tertiary/aromatic N) is 2. The minimum atomic E-state index is -0.650. The van der Waals surface area contributed by atoms with Crippen molar-refractivity contribution in [1.29, 1.82) is 0 Å². The Kier molecular flexibility index (Phi) is 7.53. The zero-order valence-corrected chi connectivity index (χ0v) is 17.9. The molecule has 29 heavy (non-hydrogen) atoms. The molecule has 1 aliphatic heterocycles. The number of carbonyl (C=O) groups excluding carboxylic acids is 2. The first-order chi connectivity index (χ1) is 14.0. The van der Waals surface area contributed by atoms with Crippen molar-refractivity contribution >= 4 is 17.6 Å². The molecule has 0 bridgehead atoms. The molecule has 1 amide bonds. The van der Waals surface area contributed by atoms with E-state index in [-0.39, 0.29) is 18.4 Å². The van der Waals surface area contributed by atoms with Crippen molar-refractivity contribution in [1.82, 2.24) is 10.2 Å². The van der Waals surface area contributed by atoms with E-state index in [0.717, 1.165) is 51.6 Å². The molecule has 1 N–H and O–H groups in total. The maximum Gasteiger partial charge on any atom is 0.326 e. The molecule has 1 heterocycles. The SMILES string of the molecule is CCOC(=O)C1(N(C)CC(=O)NC[C@H]2CCN(c3ccccc3)C2)CCCCC1. The molecule has 6 heteroatoms. The van der Waals surface area contributed by atoms with Crippen molar-refractivity contribution in [2.45, 2.75) is 51.0 Å². The van der Waals surface area contributed by atoms with Gasteiger partial charge in [0.05, 0.1) is 13.2 Å². The molecule has 1 saturated carbocycles. The monoisotopic (exact) mass is 401 g/mol. The van der Waals surface area contributed by atoms with E-state index in [9.17, 15) is 9.59 Å². The summed E-state index contributed by atoms with van der Waals surface area (Å²) in [4.78, 5) is 29.6. The van der Waals surface area contributed by atoms with Crippen molar-refractivity contribution in [3.8, 4) is 0 Å². The van der Waals surface area contributed by atoms with E-state index in [1.807, 2.05) is 24.9 Å². The molecule has 1 aromatic carbocycles. The second kappa shape index (κ2) is 10.1. The van der Waals surface area contributed by atoms with Crippen LogP contribution in [-0.2, 0) is 14.3 Å². The molecule has 1 aliphatic carbocycles. The molecule has 160 valence electrons. The van der Waals surface area contributed by atoms with Gasteiger partial charge >= 0.3 is 5.97 Å². The number of ether oxygens (including phenoxy) is 1. The standard InChI is InChI=1S/C23H35N3O3/c1-3-29-22(28)23(13-8-5-9-14-23)25(2)18-21(27)24-16-19-12-15-26(17-19)20-10-6-4-7-11-20/h4,6-7,10-11,19H,3,5,8-9,12-18H2,1-2H3,(H,24,27)/t19-/m1/s1. The van der Waals surface area contributed by atoms with Gasteiger partial charge in [0.2, 0.25) is 5.91 Å². The Morgan fingerprint density at radius 2 is 1.93 bits per heavy atom. The number of esters is 1. The van der Waals surface area contributed by atoms with Gasteiger partial charge in [0.25, 0.3) is 0 Å². The fraction of sp³-hybridized carbons (Fsp3) is 0.652. The molecule has 1 saturated heterocycles. The molecular formula is C23H35N3O3. The number of hydrogen-bond acceptors (Lipinski definition) is 5. The second-order valence-corrected chi connectivity index (χ2v) is 8.41. The van der Waals surface area contributed by atoms with Crippen LogP contribution < -0.4 is 10.2 Å². The van der Waals surface area contributed by atoms with Gasteiger partial charge in [-0.2, -0.15) is 0 Å². The fourth-order valence-electron chi connectivity index (χ4n) is 4.70. The highest BCUT2D eigenvalue weighted by Gasteiger charge is 2.45. The van der Waals surface area contributed by atoms with E-state index < -0.39 is 5.54 Å². The van der Waals surface area contributed by atoms with E-state index in [2.05, 4.69) is 34.5 Å². The third-order valence-corrected chi connectivity index (χ3v) is 6.44. The number of carbonyl (C=O) groups is 2. The van der Waals surface area contributed by atoms with Crippen molar-refractivity contribution < 1.29 is 14.3 Å². The third kappa shape index (κ3) is 5.30. The summed E-state index contributed by atoms with van der Waals surface area (Å²) in [5.41, 5.74) is 0.595. The Morgan fingerprint density at radius 1 is 1.21 bits per heavy atom. The Labute approximate surface area is 174 Å². The van der Waals surface area contributed by atoms with E-state index >= 15 is 0 Å². The number of nitrogens with one attached hydrogen (secondary N) is 1. The molecule has 3 rings (SSSR count). The van der Waals surface area contributed by atoms with Crippen molar-refractivity contribution in [2.75, 3.05) is 44.7 Å². The topological polar surface area (TPSA) is 61.9 Å². The lowest BCUT2D eigenvalue weighted by Gasteiger charge is -2.41.